The Morgan fingerprint density at radius 3 is 2.50 bits per heavy atom. The molecule has 1 heterocycles. The number of aliphatic hydroxyl groups is 1. The van der Waals surface area contributed by atoms with Crippen molar-refractivity contribution in [1.82, 2.24) is 4.90 Å². The quantitative estimate of drug-likeness (QED) is 0.780. The summed E-state index contributed by atoms with van der Waals surface area (Å²) >= 11 is 0. The second-order valence-corrected chi connectivity index (χ2v) is 4.95. The van der Waals surface area contributed by atoms with Crippen LogP contribution in [0.4, 0.5) is 0 Å². The third kappa shape index (κ3) is 1.95. The maximum absolute atomic E-state index is 12.2. The van der Waals surface area contributed by atoms with Crippen LogP contribution in [0.3, 0.4) is 0 Å². The number of carbonyl (C=O) groups excluding carboxylic acids is 1. The minimum atomic E-state index is -0.400. The lowest BCUT2D eigenvalue weighted by Gasteiger charge is -2.31. The van der Waals surface area contributed by atoms with Gasteiger partial charge in [0.2, 0.25) is 0 Å². The van der Waals surface area contributed by atoms with Gasteiger partial charge in [-0.2, -0.15) is 0 Å². The Kier molecular flexibility index (Phi) is 2.72. The molecule has 1 N–H and O–H groups in total. The largest absolute Gasteiger partial charge is 0.391 e. The number of likely N-dealkylation sites (tertiary alicyclic amines) is 1. The summed E-state index contributed by atoms with van der Waals surface area (Å²) in [4.78, 5) is 14.0. The first-order chi connectivity index (χ1) is 7.50. The molecule has 1 atom stereocenters. The van der Waals surface area contributed by atoms with Crippen LogP contribution in [0, 0.1) is 0 Å². The molecule has 2 rings (SSSR count). The predicted molar refractivity (Wildman–Crippen MR) is 62.2 cm³/mol. The molecule has 0 spiro atoms. The number of amides is 1. The standard InChI is InChI=1S/C13H17NO2/c1-13(2)8-11(15)9-14(13)12(16)10-6-4-3-5-7-10/h3-7,11,15H,8-9H2,1-2H3. The Labute approximate surface area is 95.7 Å². The number of carbonyl (C=O) groups is 1. The molecule has 0 aliphatic carbocycles. The lowest BCUT2D eigenvalue weighted by atomic mass is 10.0. The highest BCUT2D eigenvalue weighted by Crippen LogP contribution is 2.29. The summed E-state index contributed by atoms with van der Waals surface area (Å²) in [6.07, 6.45) is 0.244. The molecule has 1 aromatic rings. The normalized spacial score (nSPS) is 23.4. The van der Waals surface area contributed by atoms with Crippen LogP contribution >= 0.6 is 0 Å². The van der Waals surface area contributed by atoms with Gasteiger partial charge < -0.3 is 10.0 Å². The van der Waals surface area contributed by atoms with Crippen LogP contribution in [0.5, 0.6) is 0 Å². The van der Waals surface area contributed by atoms with Crippen molar-refractivity contribution >= 4 is 5.91 Å². The van der Waals surface area contributed by atoms with Gasteiger partial charge in [-0.05, 0) is 32.4 Å². The van der Waals surface area contributed by atoms with E-state index in [-0.39, 0.29) is 11.4 Å². The molecular weight excluding hydrogens is 202 g/mol. The third-order valence-corrected chi connectivity index (χ3v) is 3.13. The average molecular weight is 219 g/mol. The van der Waals surface area contributed by atoms with Gasteiger partial charge in [0.05, 0.1) is 6.10 Å². The summed E-state index contributed by atoms with van der Waals surface area (Å²) in [6, 6.07) is 9.21. The highest BCUT2D eigenvalue weighted by Gasteiger charge is 2.40. The van der Waals surface area contributed by atoms with Gasteiger partial charge in [0.1, 0.15) is 0 Å². The summed E-state index contributed by atoms with van der Waals surface area (Å²) in [6.45, 7) is 4.41. The van der Waals surface area contributed by atoms with Crippen LogP contribution in [0.15, 0.2) is 30.3 Å². The summed E-state index contributed by atoms with van der Waals surface area (Å²) in [7, 11) is 0. The number of hydrogen-bond acceptors (Lipinski definition) is 2. The smallest absolute Gasteiger partial charge is 0.254 e. The van der Waals surface area contributed by atoms with E-state index in [0.29, 0.717) is 18.5 Å². The third-order valence-electron chi connectivity index (χ3n) is 3.13. The molecule has 1 saturated heterocycles. The Morgan fingerprint density at radius 1 is 1.38 bits per heavy atom. The molecule has 86 valence electrons. The van der Waals surface area contributed by atoms with Crippen molar-refractivity contribution in [2.45, 2.75) is 31.9 Å². The van der Waals surface area contributed by atoms with Crippen molar-refractivity contribution in [2.75, 3.05) is 6.54 Å². The van der Waals surface area contributed by atoms with Gasteiger partial charge >= 0.3 is 0 Å². The summed E-state index contributed by atoms with van der Waals surface area (Å²) in [5.74, 6) is 0.00199. The van der Waals surface area contributed by atoms with E-state index in [1.54, 1.807) is 4.90 Å². The molecule has 1 aromatic carbocycles. The highest BCUT2D eigenvalue weighted by molar-refractivity contribution is 5.94. The maximum atomic E-state index is 12.2. The summed E-state index contributed by atoms with van der Waals surface area (Å²) in [5.41, 5.74) is 0.427. The van der Waals surface area contributed by atoms with Crippen molar-refractivity contribution in [1.29, 1.82) is 0 Å². The second kappa shape index (κ2) is 3.91. The monoisotopic (exact) mass is 219 g/mol. The zero-order valence-corrected chi connectivity index (χ0v) is 9.68. The first kappa shape index (κ1) is 11.1. The second-order valence-electron chi connectivity index (χ2n) is 4.95. The first-order valence-electron chi connectivity index (χ1n) is 5.56. The van der Waals surface area contributed by atoms with Crippen molar-refractivity contribution in [3.05, 3.63) is 35.9 Å². The minimum Gasteiger partial charge on any atom is -0.391 e. The van der Waals surface area contributed by atoms with Crippen molar-refractivity contribution in [3.63, 3.8) is 0 Å². The van der Waals surface area contributed by atoms with Crippen LogP contribution < -0.4 is 0 Å². The molecule has 16 heavy (non-hydrogen) atoms. The molecule has 0 radical (unpaired) electrons. The van der Waals surface area contributed by atoms with E-state index in [1.165, 1.54) is 0 Å². The van der Waals surface area contributed by atoms with E-state index >= 15 is 0 Å². The van der Waals surface area contributed by atoms with Crippen molar-refractivity contribution in [3.8, 4) is 0 Å². The SMILES string of the molecule is CC1(C)CC(O)CN1C(=O)c1ccccc1. The molecule has 0 saturated carbocycles. The molecular formula is C13H17NO2. The van der Waals surface area contributed by atoms with Crippen LogP contribution in [0.2, 0.25) is 0 Å². The Hall–Kier alpha value is -1.35. The molecule has 3 heteroatoms. The summed E-state index contributed by atoms with van der Waals surface area (Å²) in [5, 5.41) is 9.64. The fourth-order valence-electron chi connectivity index (χ4n) is 2.30. The van der Waals surface area contributed by atoms with E-state index in [1.807, 2.05) is 44.2 Å². The Balaban J connectivity index is 2.23. The number of benzene rings is 1. The number of β-amino-alcohol motifs (C(OH)–C–C–N with tert-alkyl or cyclic N) is 1. The Bertz CT molecular complexity index is 386. The maximum Gasteiger partial charge on any atom is 0.254 e. The highest BCUT2D eigenvalue weighted by atomic mass is 16.3. The van der Waals surface area contributed by atoms with Crippen LogP contribution in [0.25, 0.3) is 0 Å². The van der Waals surface area contributed by atoms with E-state index in [0.717, 1.165) is 0 Å². The van der Waals surface area contributed by atoms with Crippen molar-refractivity contribution in [2.24, 2.45) is 0 Å². The van der Waals surface area contributed by atoms with Crippen LogP contribution in [0.1, 0.15) is 30.6 Å². The van der Waals surface area contributed by atoms with Gasteiger partial charge in [0.25, 0.3) is 5.91 Å². The lowest BCUT2D eigenvalue weighted by molar-refractivity contribution is 0.0641. The van der Waals surface area contributed by atoms with Gasteiger partial charge in [-0.25, -0.2) is 0 Å². The topological polar surface area (TPSA) is 40.5 Å². The predicted octanol–water partition coefficient (Wildman–Crippen LogP) is 1.67. The molecule has 1 aliphatic rings. The van der Waals surface area contributed by atoms with E-state index in [4.69, 9.17) is 0 Å². The van der Waals surface area contributed by atoms with E-state index < -0.39 is 6.10 Å². The molecule has 3 nitrogen and oxygen atoms in total. The number of nitrogens with zero attached hydrogens (tertiary/aromatic N) is 1. The van der Waals surface area contributed by atoms with Gasteiger partial charge in [-0.3, -0.25) is 4.79 Å². The lowest BCUT2D eigenvalue weighted by Crippen LogP contribution is -2.42. The fourth-order valence-corrected chi connectivity index (χ4v) is 2.30. The molecule has 0 bridgehead atoms. The molecule has 1 aliphatic heterocycles. The van der Waals surface area contributed by atoms with Gasteiger partial charge in [-0.1, -0.05) is 18.2 Å². The van der Waals surface area contributed by atoms with E-state index in [2.05, 4.69) is 0 Å². The van der Waals surface area contributed by atoms with E-state index in [9.17, 15) is 9.90 Å². The number of aliphatic hydroxyl groups excluding tert-OH is 1. The average Bonchev–Trinajstić information content (AvgIpc) is 2.52. The van der Waals surface area contributed by atoms with Gasteiger partial charge in [0, 0.05) is 17.6 Å². The van der Waals surface area contributed by atoms with Crippen LogP contribution in [-0.4, -0.2) is 34.1 Å². The molecule has 1 amide bonds. The zero-order valence-electron chi connectivity index (χ0n) is 9.68. The minimum absolute atomic E-state index is 0.00199. The Morgan fingerprint density at radius 2 is 2.00 bits per heavy atom. The van der Waals surface area contributed by atoms with Crippen molar-refractivity contribution < 1.29 is 9.90 Å². The fraction of sp³-hybridized carbons (Fsp3) is 0.462. The zero-order chi connectivity index (χ0) is 11.8. The summed E-state index contributed by atoms with van der Waals surface area (Å²) < 4.78 is 0. The molecule has 0 aromatic heterocycles. The molecule has 1 unspecified atom stereocenters. The number of rotatable bonds is 1. The first-order valence-corrected chi connectivity index (χ1v) is 5.56. The van der Waals surface area contributed by atoms with Crippen LogP contribution in [-0.2, 0) is 0 Å². The van der Waals surface area contributed by atoms with Gasteiger partial charge in [-0.15, -0.1) is 0 Å². The molecule has 1 fully saturated rings. The van der Waals surface area contributed by atoms with Gasteiger partial charge in [0.15, 0.2) is 0 Å². The number of hydrogen-bond donors (Lipinski definition) is 1.